The third-order valence-electron chi connectivity index (χ3n) is 8.92. The number of ether oxygens (including phenoxy) is 1. The van der Waals surface area contributed by atoms with Crippen molar-refractivity contribution < 1.29 is 46.3 Å². The summed E-state index contributed by atoms with van der Waals surface area (Å²) in [6.45, 7) is 5.06. The van der Waals surface area contributed by atoms with Gasteiger partial charge in [0.15, 0.2) is 23.2 Å². The number of carbonyl (C=O) groups is 5. The molecule has 0 radical (unpaired) electrons. The number of benzene rings is 2. The standard InChI is InChI=1S/C35H42F4N4O6/c1-35(2,3)21-11-7-8-12-24(21)41-33(47)34(48)43-26(15-19-9-5-4-6-10-19)32(46)42-25(16-20-13-14-40-31(20)45)27(44)18-49-30-28(38)22(36)17-23(37)29(30)39/h7-8,11-12,17,19-20,25-26H,4-6,9-10,13-16,18H2,1-3H3,(H,40,45)(H,41,47)(H,42,46)(H,43,48)/t20-,25-,26-/m0/s1. The summed E-state index contributed by atoms with van der Waals surface area (Å²) in [6, 6.07) is 4.27. The third kappa shape index (κ3) is 9.79. The first-order valence-corrected chi connectivity index (χ1v) is 16.4. The van der Waals surface area contributed by atoms with Gasteiger partial charge in [-0.2, -0.15) is 8.78 Å². The number of ketones is 1. The fourth-order valence-corrected chi connectivity index (χ4v) is 6.26. The highest BCUT2D eigenvalue weighted by Gasteiger charge is 2.35. The molecular formula is C35H42F4N4O6. The van der Waals surface area contributed by atoms with Gasteiger partial charge in [0.25, 0.3) is 0 Å². The molecule has 0 aromatic heterocycles. The Bertz CT molecular complexity index is 1550. The van der Waals surface area contributed by atoms with Crippen molar-refractivity contribution >= 4 is 35.1 Å². The lowest BCUT2D eigenvalue weighted by molar-refractivity contribution is -0.138. The first-order chi connectivity index (χ1) is 23.1. The van der Waals surface area contributed by atoms with Crippen molar-refractivity contribution in [2.24, 2.45) is 11.8 Å². The SMILES string of the molecule is CC(C)(C)c1ccccc1NC(=O)C(=O)N[C@@H](CC1CCCCC1)C(=O)N[C@@H](C[C@@H]1CCNC1=O)C(=O)COc1c(F)c(F)cc(F)c1F. The molecule has 2 aromatic rings. The molecule has 1 aliphatic heterocycles. The second-order valence-electron chi connectivity index (χ2n) is 13.6. The van der Waals surface area contributed by atoms with E-state index in [1.54, 1.807) is 12.1 Å². The van der Waals surface area contributed by atoms with Crippen molar-refractivity contribution in [2.45, 2.75) is 89.6 Å². The van der Waals surface area contributed by atoms with E-state index in [9.17, 15) is 41.5 Å². The monoisotopic (exact) mass is 690 g/mol. The molecular weight excluding hydrogens is 648 g/mol. The molecule has 266 valence electrons. The summed E-state index contributed by atoms with van der Waals surface area (Å²) < 4.78 is 60.7. The highest BCUT2D eigenvalue weighted by Crippen LogP contribution is 2.30. The Hall–Kier alpha value is -4.49. The number of anilines is 1. The normalized spacial score (nSPS) is 17.9. The molecule has 4 rings (SSSR count). The zero-order valence-electron chi connectivity index (χ0n) is 27.7. The van der Waals surface area contributed by atoms with Crippen LogP contribution in [0.15, 0.2) is 30.3 Å². The van der Waals surface area contributed by atoms with Crippen LogP contribution in [-0.2, 0) is 29.4 Å². The number of halogens is 4. The van der Waals surface area contributed by atoms with Gasteiger partial charge in [0, 0.05) is 24.2 Å². The second kappa shape index (κ2) is 16.3. The maximum absolute atomic E-state index is 14.2. The lowest BCUT2D eigenvalue weighted by atomic mass is 9.84. The first-order valence-electron chi connectivity index (χ1n) is 16.4. The molecule has 4 N–H and O–H groups in total. The van der Waals surface area contributed by atoms with E-state index >= 15 is 0 Å². The van der Waals surface area contributed by atoms with Crippen LogP contribution in [0.5, 0.6) is 5.75 Å². The van der Waals surface area contributed by atoms with Gasteiger partial charge in [-0.3, -0.25) is 24.0 Å². The minimum absolute atomic E-state index is 0.00849. The zero-order valence-corrected chi connectivity index (χ0v) is 27.7. The van der Waals surface area contributed by atoms with Crippen LogP contribution in [0.2, 0.25) is 0 Å². The largest absolute Gasteiger partial charge is 0.479 e. The smallest absolute Gasteiger partial charge is 0.313 e. The van der Waals surface area contributed by atoms with Crippen LogP contribution in [0.1, 0.15) is 77.7 Å². The maximum atomic E-state index is 14.2. The molecule has 2 aromatic carbocycles. The summed E-state index contributed by atoms with van der Waals surface area (Å²) in [5.41, 5.74) is 0.855. The lowest BCUT2D eigenvalue weighted by Crippen LogP contribution is -2.55. The summed E-state index contributed by atoms with van der Waals surface area (Å²) in [7, 11) is 0. The lowest BCUT2D eigenvalue weighted by Gasteiger charge is -2.28. The van der Waals surface area contributed by atoms with Crippen molar-refractivity contribution in [3.63, 3.8) is 0 Å². The van der Waals surface area contributed by atoms with Gasteiger partial charge in [-0.15, -0.1) is 0 Å². The number of nitrogens with one attached hydrogen (secondary N) is 4. The molecule has 14 heteroatoms. The molecule has 1 heterocycles. The van der Waals surface area contributed by atoms with Gasteiger partial charge in [0.05, 0.1) is 6.04 Å². The topological polar surface area (TPSA) is 143 Å². The summed E-state index contributed by atoms with van der Waals surface area (Å²) in [4.78, 5) is 65.8. The Balaban J connectivity index is 1.53. The molecule has 4 amide bonds. The van der Waals surface area contributed by atoms with Gasteiger partial charge in [-0.05, 0) is 42.2 Å². The summed E-state index contributed by atoms with van der Waals surface area (Å²) in [5, 5.41) is 10.3. The van der Waals surface area contributed by atoms with Crippen LogP contribution in [0.25, 0.3) is 0 Å². The van der Waals surface area contributed by atoms with Crippen molar-refractivity contribution in [1.82, 2.24) is 16.0 Å². The molecule has 1 aliphatic carbocycles. The minimum Gasteiger partial charge on any atom is -0.479 e. The Morgan fingerprint density at radius 3 is 2.14 bits per heavy atom. The van der Waals surface area contributed by atoms with E-state index in [0.29, 0.717) is 18.7 Å². The van der Waals surface area contributed by atoms with Crippen LogP contribution in [0, 0.1) is 35.1 Å². The van der Waals surface area contributed by atoms with Crippen LogP contribution < -0.4 is 26.0 Å². The number of carbonyl (C=O) groups excluding carboxylic acids is 5. The van der Waals surface area contributed by atoms with Gasteiger partial charge < -0.3 is 26.0 Å². The predicted octanol–water partition coefficient (Wildman–Crippen LogP) is 4.59. The van der Waals surface area contributed by atoms with Crippen LogP contribution in [-0.4, -0.2) is 54.6 Å². The van der Waals surface area contributed by atoms with E-state index in [-0.39, 0.29) is 36.1 Å². The Morgan fingerprint density at radius 2 is 1.53 bits per heavy atom. The van der Waals surface area contributed by atoms with E-state index in [1.807, 2.05) is 32.9 Å². The van der Waals surface area contributed by atoms with Gasteiger partial charge in [0.2, 0.25) is 23.4 Å². The molecule has 0 bridgehead atoms. The second-order valence-corrected chi connectivity index (χ2v) is 13.6. The Labute approximate surface area is 282 Å². The molecule has 0 spiro atoms. The van der Waals surface area contributed by atoms with Crippen molar-refractivity contribution in [3.8, 4) is 5.75 Å². The Kier molecular flexibility index (Phi) is 12.4. The number of para-hydroxylation sites is 1. The van der Waals surface area contributed by atoms with Gasteiger partial charge in [0.1, 0.15) is 12.6 Å². The van der Waals surface area contributed by atoms with E-state index in [0.717, 1.165) is 37.7 Å². The van der Waals surface area contributed by atoms with Gasteiger partial charge >= 0.3 is 11.8 Å². The zero-order chi connectivity index (χ0) is 35.9. The average molecular weight is 691 g/mol. The molecule has 3 atom stereocenters. The molecule has 49 heavy (non-hydrogen) atoms. The minimum atomic E-state index is -1.85. The third-order valence-corrected chi connectivity index (χ3v) is 8.92. The Morgan fingerprint density at radius 1 is 0.878 bits per heavy atom. The van der Waals surface area contributed by atoms with Crippen molar-refractivity contribution in [1.29, 1.82) is 0 Å². The fourth-order valence-electron chi connectivity index (χ4n) is 6.26. The number of Topliss-reactive ketones (excluding diaryl/α,β-unsaturated/α-hetero) is 1. The van der Waals surface area contributed by atoms with Crippen LogP contribution in [0.3, 0.4) is 0 Å². The number of amides is 4. The van der Waals surface area contributed by atoms with Crippen molar-refractivity contribution in [2.75, 3.05) is 18.5 Å². The number of rotatable bonds is 12. The highest BCUT2D eigenvalue weighted by atomic mass is 19.2. The average Bonchev–Trinajstić information content (AvgIpc) is 3.46. The van der Waals surface area contributed by atoms with E-state index < -0.39 is 77.1 Å². The van der Waals surface area contributed by atoms with E-state index in [4.69, 9.17) is 4.74 Å². The molecule has 1 saturated carbocycles. The molecule has 2 aliphatic rings. The maximum Gasteiger partial charge on any atom is 0.313 e. The summed E-state index contributed by atoms with van der Waals surface area (Å²) in [6.07, 6.45) is 4.68. The van der Waals surface area contributed by atoms with Crippen LogP contribution in [0.4, 0.5) is 23.2 Å². The van der Waals surface area contributed by atoms with Crippen LogP contribution >= 0.6 is 0 Å². The van der Waals surface area contributed by atoms with Gasteiger partial charge in [-0.25, -0.2) is 8.78 Å². The van der Waals surface area contributed by atoms with Gasteiger partial charge in [-0.1, -0.05) is 71.1 Å². The highest BCUT2D eigenvalue weighted by molar-refractivity contribution is 6.40. The number of hydrogen-bond donors (Lipinski definition) is 4. The van der Waals surface area contributed by atoms with E-state index in [1.165, 1.54) is 0 Å². The quantitative estimate of drug-likeness (QED) is 0.146. The summed E-state index contributed by atoms with van der Waals surface area (Å²) in [5.74, 6) is -13.5. The number of hydrogen-bond acceptors (Lipinski definition) is 6. The molecule has 1 saturated heterocycles. The molecule has 2 fully saturated rings. The molecule has 10 nitrogen and oxygen atoms in total. The fraction of sp³-hybridized carbons (Fsp3) is 0.514. The first kappa shape index (κ1) is 37.3. The van der Waals surface area contributed by atoms with Crippen molar-refractivity contribution in [3.05, 3.63) is 59.2 Å². The molecule has 0 unspecified atom stereocenters. The summed E-state index contributed by atoms with van der Waals surface area (Å²) >= 11 is 0. The predicted molar refractivity (Wildman–Crippen MR) is 171 cm³/mol. The van der Waals surface area contributed by atoms with E-state index in [2.05, 4.69) is 21.3 Å².